The molecule has 0 radical (unpaired) electrons. The number of carbonyl (C=O) groups excluding carboxylic acids is 1. The number of nitrogens with one attached hydrogen (secondary N) is 1. The van der Waals surface area contributed by atoms with Gasteiger partial charge in [0, 0.05) is 25.7 Å². The predicted octanol–water partition coefficient (Wildman–Crippen LogP) is 2.51. The fourth-order valence-electron chi connectivity index (χ4n) is 3.13. The van der Waals surface area contributed by atoms with Gasteiger partial charge in [-0.05, 0) is 48.6 Å². The van der Waals surface area contributed by atoms with E-state index < -0.39 is 10.0 Å². The minimum atomic E-state index is -3.56. The van der Waals surface area contributed by atoms with E-state index in [0.717, 1.165) is 29.7 Å². The molecule has 3 rings (SSSR count). The SMILES string of the molecule is CC(=O)N1CCCc2cc(S(=O)(=O)NCCc3ccccc3)ccc21. The van der Waals surface area contributed by atoms with Crippen LogP contribution < -0.4 is 9.62 Å². The number of nitrogens with zero attached hydrogens (tertiary/aromatic N) is 1. The van der Waals surface area contributed by atoms with Gasteiger partial charge < -0.3 is 4.90 Å². The molecule has 1 heterocycles. The van der Waals surface area contributed by atoms with Crippen molar-refractivity contribution in [1.82, 2.24) is 4.72 Å². The van der Waals surface area contributed by atoms with Gasteiger partial charge in [-0.1, -0.05) is 30.3 Å². The monoisotopic (exact) mass is 358 g/mol. The maximum Gasteiger partial charge on any atom is 0.240 e. The number of benzene rings is 2. The lowest BCUT2D eigenvalue weighted by Gasteiger charge is -2.28. The van der Waals surface area contributed by atoms with Crippen molar-refractivity contribution in [2.75, 3.05) is 18.0 Å². The van der Waals surface area contributed by atoms with Gasteiger partial charge in [0.25, 0.3) is 0 Å². The molecule has 0 bridgehead atoms. The highest BCUT2D eigenvalue weighted by atomic mass is 32.2. The number of fused-ring (bicyclic) bond motifs is 1. The first-order valence-corrected chi connectivity index (χ1v) is 9.90. The summed E-state index contributed by atoms with van der Waals surface area (Å²) in [6.45, 7) is 2.57. The van der Waals surface area contributed by atoms with Crippen molar-refractivity contribution in [3.05, 3.63) is 59.7 Å². The van der Waals surface area contributed by atoms with E-state index in [1.807, 2.05) is 30.3 Å². The average molecular weight is 358 g/mol. The van der Waals surface area contributed by atoms with Crippen LogP contribution in [-0.2, 0) is 27.7 Å². The van der Waals surface area contributed by atoms with E-state index in [0.29, 0.717) is 19.5 Å². The number of anilines is 1. The van der Waals surface area contributed by atoms with Gasteiger partial charge in [-0.15, -0.1) is 0 Å². The minimum absolute atomic E-state index is 0.0162. The molecule has 0 saturated heterocycles. The summed E-state index contributed by atoms with van der Waals surface area (Å²) in [5.41, 5.74) is 2.82. The third-order valence-electron chi connectivity index (χ3n) is 4.41. The Balaban J connectivity index is 1.73. The summed E-state index contributed by atoms with van der Waals surface area (Å²) < 4.78 is 27.7. The lowest BCUT2D eigenvalue weighted by Crippen LogP contribution is -2.33. The van der Waals surface area contributed by atoms with E-state index in [2.05, 4.69) is 4.72 Å². The van der Waals surface area contributed by atoms with Crippen molar-refractivity contribution in [2.24, 2.45) is 0 Å². The highest BCUT2D eigenvalue weighted by molar-refractivity contribution is 7.89. The molecule has 0 atom stereocenters. The third-order valence-corrected chi connectivity index (χ3v) is 5.87. The van der Waals surface area contributed by atoms with Crippen LogP contribution in [0.15, 0.2) is 53.4 Å². The first-order valence-electron chi connectivity index (χ1n) is 8.42. The van der Waals surface area contributed by atoms with Crippen LogP contribution in [0.5, 0.6) is 0 Å². The van der Waals surface area contributed by atoms with E-state index in [1.165, 1.54) is 6.92 Å². The molecule has 132 valence electrons. The second-order valence-corrected chi connectivity index (χ2v) is 7.97. The molecule has 0 aromatic heterocycles. The smallest absolute Gasteiger partial charge is 0.240 e. The molecule has 25 heavy (non-hydrogen) atoms. The zero-order valence-electron chi connectivity index (χ0n) is 14.2. The molecule has 5 nitrogen and oxygen atoms in total. The van der Waals surface area contributed by atoms with Crippen LogP contribution >= 0.6 is 0 Å². The summed E-state index contributed by atoms with van der Waals surface area (Å²) >= 11 is 0. The van der Waals surface area contributed by atoms with Gasteiger partial charge in [0.1, 0.15) is 0 Å². The number of carbonyl (C=O) groups is 1. The molecular formula is C19H22N2O3S. The zero-order chi connectivity index (χ0) is 17.9. The summed E-state index contributed by atoms with van der Waals surface area (Å²) in [5.74, 6) is -0.0162. The van der Waals surface area contributed by atoms with Crippen LogP contribution in [0.25, 0.3) is 0 Å². The van der Waals surface area contributed by atoms with Gasteiger partial charge in [-0.25, -0.2) is 13.1 Å². The quantitative estimate of drug-likeness (QED) is 0.893. The van der Waals surface area contributed by atoms with Crippen molar-refractivity contribution < 1.29 is 13.2 Å². The average Bonchev–Trinajstić information content (AvgIpc) is 2.61. The summed E-state index contributed by atoms with van der Waals surface area (Å²) in [4.78, 5) is 13.7. The molecule has 0 saturated carbocycles. The lowest BCUT2D eigenvalue weighted by atomic mass is 10.0. The van der Waals surface area contributed by atoms with Crippen LogP contribution in [-0.4, -0.2) is 27.4 Å². The van der Waals surface area contributed by atoms with E-state index in [-0.39, 0.29) is 10.8 Å². The Morgan fingerprint density at radius 2 is 1.92 bits per heavy atom. The second kappa shape index (κ2) is 7.37. The molecule has 0 unspecified atom stereocenters. The first kappa shape index (κ1) is 17.6. The van der Waals surface area contributed by atoms with Crippen molar-refractivity contribution >= 4 is 21.6 Å². The van der Waals surface area contributed by atoms with Crippen molar-refractivity contribution in [1.29, 1.82) is 0 Å². The van der Waals surface area contributed by atoms with Crippen LogP contribution in [0.4, 0.5) is 5.69 Å². The fraction of sp³-hybridized carbons (Fsp3) is 0.316. The van der Waals surface area contributed by atoms with Crippen molar-refractivity contribution in [3.8, 4) is 0 Å². The maximum absolute atomic E-state index is 12.5. The number of amides is 1. The Hall–Kier alpha value is -2.18. The van der Waals surface area contributed by atoms with Gasteiger partial charge in [0.2, 0.25) is 15.9 Å². The van der Waals surface area contributed by atoms with E-state index in [9.17, 15) is 13.2 Å². The Labute approximate surface area is 148 Å². The van der Waals surface area contributed by atoms with Crippen LogP contribution in [0.3, 0.4) is 0 Å². The maximum atomic E-state index is 12.5. The first-order chi connectivity index (χ1) is 12.0. The van der Waals surface area contributed by atoms with Crippen LogP contribution in [0.1, 0.15) is 24.5 Å². The normalized spacial score (nSPS) is 14.2. The van der Waals surface area contributed by atoms with E-state index >= 15 is 0 Å². The molecule has 6 heteroatoms. The summed E-state index contributed by atoms with van der Waals surface area (Å²) in [6.07, 6.45) is 2.27. The van der Waals surface area contributed by atoms with Crippen LogP contribution in [0.2, 0.25) is 0 Å². The topological polar surface area (TPSA) is 66.5 Å². The van der Waals surface area contributed by atoms with Gasteiger partial charge in [-0.2, -0.15) is 0 Å². The molecule has 2 aromatic carbocycles. The Morgan fingerprint density at radius 1 is 1.16 bits per heavy atom. The van der Waals surface area contributed by atoms with Gasteiger partial charge in [0.15, 0.2) is 0 Å². The van der Waals surface area contributed by atoms with Crippen LogP contribution in [0, 0.1) is 0 Å². The second-order valence-electron chi connectivity index (χ2n) is 6.20. The standard InChI is InChI=1S/C19H22N2O3S/c1-15(22)21-13-5-8-17-14-18(9-10-19(17)21)25(23,24)20-12-11-16-6-3-2-4-7-16/h2-4,6-7,9-10,14,20H,5,8,11-13H2,1H3. The molecule has 0 spiro atoms. The Morgan fingerprint density at radius 3 is 2.64 bits per heavy atom. The molecule has 2 aromatic rings. The largest absolute Gasteiger partial charge is 0.312 e. The van der Waals surface area contributed by atoms with E-state index in [4.69, 9.17) is 0 Å². The lowest BCUT2D eigenvalue weighted by molar-refractivity contribution is -0.116. The summed E-state index contributed by atoms with van der Waals surface area (Å²) in [6, 6.07) is 14.8. The number of rotatable bonds is 5. The molecule has 1 amide bonds. The number of sulfonamides is 1. The molecule has 0 fully saturated rings. The Bertz CT molecular complexity index is 863. The molecule has 1 aliphatic rings. The highest BCUT2D eigenvalue weighted by Crippen LogP contribution is 2.29. The number of aryl methyl sites for hydroxylation is 1. The Kier molecular flexibility index (Phi) is 5.20. The number of hydrogen-bond donors (Lipinski definition) is 1. The molecular weight excluding hydrogens is 336 g/mol. The van der Waals surface area contributed by atoms with Gasteiger partial charge in [0.05, 0.1) is 4.90 Å². The van der Waals surface area contributed by atoms with Gasteiger partial charge in [-0.3, -0.25) is 4.79 Å². The summed E-state index contributed by atoms with van der Waals surface area (Å²) in [7, 11) is -3.56. The molecule has 1 N–H and O–H groups in total. The summed E-state index contributed by atoms with van der Waals surface area (Å²) in [5, 5.41) is 0. The van der Waals surface area contributed by atoms with Crippen molar-refractivity contribution in [2.45, 2.75) is 31.1 Å². The fourth-order valence-corrected chi connectivity index (χ4v) is 4.21. The molecule has 0 aliphatic carbocycles. The third kappa shape index (κ3) is 4.08. The van der Waals surface area contributed by atoms with E-state index in [1.54, 1.807) is 23.1 Å². The highest BCUT2D eigenvalue weighted by Gasteiger charge is 2.22. The zero-order valence-corrected chi connectivity index (χ0v) is 15.1. The predicted molar refractivity (Wildman–Crippen MR) is 98.1 cm³/mol. The molecule has 1 aliphatic heterocycles. The number of hydrogen-bond acceptors (Lipinski definition) is 3. The van der Waals surface area contributed by atoms with Gasteiger partial charge >= 0.3 is 0 Å². The minimum Gasteiger partial charge on any atom is -0.312 e. The van der Waals surface area contributed by atoms with Crippen molar-refractivity contribution in [3.63, 3.8) is 0 Å².